The predicted molar refractivity (Wildman–Crippen MR) is 128 cm³/mol. The molecule has 0 saturated heterocycles. The molecule has 0 aliphatic carbocycles. The average molecular weight is 433 g/mol. The van der Waals surface area contributed by atoms with Gasteiger partial charge in [-0.1, -0.05) is 18.2 Å². The van der Waals surface area contributed by atoms with E-state index in [0.29, 0.717) is 18.7 Å². The van der Waals surface area contributed by atoms with Crippen molar-refractivity contribution in [2.45, 2.75) is 34.2 Å². The Labute approximate surface area is 188 Å². The van der Waals surface area contributed by atoms with Crippen molar-refractivity contribution in [1.29, 1.82) is 0 Å². The van der Waals surface area contributed by atoms with E-state index in [9.17, 15) is 4.39 Å². The lowest BCUT2D eigenvalue weighted by molar-refractivity contribution is 0.603. The number of aromatic nitrogens is 4. The zero-order chi connectivity index (χ0) is 23.0. The van der Waals surface area contributed by atoms with Gasteiger partial charge in [-0.05, 0) is 45.4 Å². The highest BCUT2D eigenvalue weighted by Crippen LogP contribution is 2.33. The predicted octanol–water partition coefficient (Wildman–Crippen LogP) is 4.95. The van der Waals surface area contributed by atoms with Gasteiger partial charge in [-0.25, -0.2) is 14.4 Å². The second-order valence-corrected chi connectivity index (χ2v) is 8.31. The minimum absolute atomic E-state index is 0.201. The van der Waals surface area contributed by atoms with Gasteiger partial charge in [0.2, 0.25) is 0 Å². The van der Waals surface area contributed by atoms with Gasteiger partial charge in [0.25, 0.3) is 0 Å². The van der Waals surface area contributed by atoms with Gasteiger partial charge in [0.15, 0.2) is 5.65 Å². The van der Waals surface area contributed by atoms with E-state index in [4.69, 9.17) is 10.1 Å². The number of hydrogen-bond acceptors (Lipinski definition) is 5. The molecular weight excluding hydrogens is 403 g/mol. The van der Waals surface area contributed by atoms with Crippen LogP contribution in [0, 0.1) is 26.6 Å². The molecule has 0 amide bonds. The molecule has 0 bridgehead atoms. The van der Waals surface area contributed by atoms with Gasteiger partial charge >= 0.3 is 0 Å². The topological polar surface area (TPSA) is 49.6 Å². The van der Waals surface area contributed by atoms with Gasteiger partial charge in [0, 0.05) is 56.3 Å². The van der Waals surface area contributed by atoms with Crippen molar-refractivity contribution in [1.82, 2.24) is 19.6 Å². The van der Waals surface area contributed by atoms with Crippen LogP contribution in [0.25, 0.3) is 16.8 Å². The molecule has 0 saturated carbocycles. The number of aryl methyl sites for hydroxylation is 3. The number of halogens is 1. The molecule has 6 nitrogen and oxygen atoms in total. The fourth-order valence-electron chi connectivity index (χ4n) is 4.00. The zero-order valence-corrected chi connectivity index (χ0v) is 19.5. The van der Waals surface area contributed by atoms with Gasteiger partial charge < -0.3 is 9.80 Å². The first kappa shape index (κ1) is 21.7. The van der Waals surface area contributed by atoms with E-state index in [0.717, 1.165) is 45.4 Å². The molecule has 0 aliphatic heterocycles. The third-order valence-electron chi connectivity index (χ3n) is 5.72. The largest absolute Gasteiger partial charge is 0.363 e. The van der Waals surface area contributed by atoms with Crippen LogP contribution in [-0.2, 0) is 6.54 Å². The summed E-state index contributed by atoms with van der Waals surface area (Å²) in [4.78, 5) is 13.6. The summed E-state index contributed by atoms with van der Waals surface area (Å²) < 4.78 is 16.2. The Hall–Kier alpha value is -3.48. The minimum atomic E-state index is -0.201. The summed E-state index contributed by atoms with van der Waals surface area (Å²) in [6.07, 6.45) is 1.90. The average Bonchev–Trinajstić information content (AvgIpc) is 3.08. The Balaban J connectivity index is 1.86. The van der Waals surface area contributed by atoms with E-state index in [1.807, 2.05) is 61.8 Å². The maximum absolute atomic E-state index is 14.3. The minimum Gasteiger partial charge on any atom is -0.363 e. The standard InChI is InChI=1S/C25H29FN6/c1-7-31(15-19-10-8-9-11-21(19)26)23-13-17(3)28-25-24(18(4)29-32(23)25)20-14-27-22(30(5)6)12-16(20)2/h8-14H,7,15H2,1-6H3. The van der Waals surface area contributed by atoms with Crippen molar-refractivity contribution < 1.29 is 4.39 Å². The monoisotopic (exact) mass is 432 g/mol. The third-order valence-corrected chi connectivity index (χ3v) is 5.72. The molecule has 1 aromatic carbocycles. The summed E-state index contributed by atoms with van der Waals surface area (Å²) in [5, 5.41) is 4.84. The number of pyridine rings is 1. The Morgan fingerprint density at radius 3 is 2.47 bits per heavy atom. The van der Waals surface area contributed by atoms with Crippen LogP contribution in [0.3, 0.4) is 0 Å². The van der Waals surface area contributed by atoms with Crippen LogP contribution in [0.4, 0.5) is 16.0 Å². The molecule has 0 radical (unpaired) electrons. The summed E-state index contributed by atoms with van der Waals surface area (Å²) in [6.45, 7) is 9.28. The SMILES string of the molecule is CCN(Cc1ccccc1F)c1cc(C)nc2c(-c3cnc(N(C)C)cc3C)c(C)nn12. The maximum atomic E-state index is 14.3. The van der Waals surface area contributed by atoms with Crippen LogP contribution in [0.15, 0.2) is 42.6 Å². The van der Waals surface area contributed by atoms with Crippen molar-refractivity contribution in [2.75, 3.05) is 30.4 Å². The Kier molecular flexibility index (Phi) is 5.82. The lowest BCUT2D eigenvalue weighted by Gasteiger charge is -2.24. The van der Waals surface area contributed by atoms with Gasteiger partial charge in [0.1, 0.15) is 17.5 Å². The van der Waals surface area contributed by atoms with E-state index in [1.165, 1.54) is 6.07 Å². The highest BCUT2D eigenvalue weighted by Gasteiger charge is 2.21. The molecule has 0 unspecified atom stereocenters. The molecule has 0 N–H and O–H groups in total. The van der Waals surface area contributed by atoms with E-state index < -0.39 is 0 Å². The van der Waals surface area contributed by atoms with Crippen molar-refractivity contribution in [2.24, 2.45) is 0 Å². The number of hydrogen-bond donors (Lipinski definition) is 0. The number of anilines is 2. The summed E-state index contributed by atoms with van der Waals surface area (Å²) in [7, 11) is 3.96. The first-order valence-corrected chi connectivity index (χ1v) is 10.8. The Morgan fingerprint density at radius 2 is 1.81 bits per heavy atom. The van der Waals surface area contributed by atoms with Crippen molar-refractivity contribution in [3.8, 4) is 11.1 Å². The fraction of sp³-hybridized carbons (Fsp3) is 0.320. The van der Waals surface area contributed by atoms with Crippen LogP contribution >= 0.6 is 0 Å². The van der Waals surface area contributed by atoms with Gasteiger partial charge in [0.05, 0.1) is 11.3 Å². The third kappa shape index (κ3) is 3.90. The molecule has 3 aromatic heterocycles. The molecular formula is C25H29FN6. The first-order valence-electron chi connectivity index (χ1n) is 10.8. The van der Waals surface area contributed by atoms with E-state index in [2.05, 4.69) is 29.8 Å². The molecule has 0 atom stereocenters. The smallest absolute Gasteiger partial charge is 0.165 e. The number of benzene rings is 1. The number of nitrogens with zero attached hydrogens (tertiary/aromatic N) is 6. The van der Waals surface area contributed by atoms with Crippen LogP contribution in [-0.4, -0.2) is 40.2 Å². The maximum Gasteiger partial charge on any atom is 0.165 e. The summed E-state index contributed by atoms with van der Waals surface area (Å²) in [6, 6.07) is 11.0. The lowest BCUT2D eigenvalue weighted by Crippen LogP contribution is -2.25. The number of rotatable bonds is 6. The molecule has 4 aromatic rings. The van der Waals surface area contributed by atoms with E-state index in [1.54, 1.807) is 6.07 Å². The molecule has 0 fully saturated rings. The van der Waals surface area contributed by atoms with Crippen LogP contribution in [0.1, 0.15) is 29.4 Å². The molecule has 4 rings (SSSR count). The molecule has 0 spiro atoms. The summed E-state index contributed by atoms with van der Waals surface area (Å²) >= 11 is 0. The van der Waals surface area contributed by atoms with Gasteiger partial charge in [-0.3, -0.25) is 0 Å². The number of fused-ring (bicyclic) bond motifs is 1. The highest BCUT2D eigenvalue weighted by atomic mass is 19.1. The van der Waals surface area contributed by atoms with Crippen LogP contribution in [0.5, 0.6) is 0 Å². The van der Waals surface area contributed by atoms with E-state index in [-0.39, 0.29) is 5.82 Å². The van der Waals surface area contributed by atoms with Crippen molar-refractivity contribution >= 4 is 17.3 Å². The van der Waals surface area contributed by atoms with Gasteiger partial charge in [-0.15, -0.1) is 0 Å². The van der Waals surface area contributed by atoms with Crippen LogP contribution < -0.4 is 9.80 Å². The summed E-state index contributed by atoms with van der Waals surface area (Å²) in [5.74, 6) is 1.60. The summed E-state index contributed by atoms with van der Waals surface area (Å²) in [5.41, 5.74) is 6.32. The fourth-order valence-corrected chi connectivity index (χ4v) is 4.00. The van der Waals surface area contributed by atoms with Crippen molar-refractivity contribution in [3.63, 3.8) is 0 Å². The quantitative estimate of drug-likeness (QED) is 0.432. The highest BCUT2D eigenvalue weighted by molar-refractivity contribution is 5.83. The van der Waals surface area contributed by atoms with Gasteiger partial charge in [-0.2, -0.15) is 9.61 Å². The van der Waals surface area contributed by atoms with E-state index >= 15 is 0 Å². The lowest BCUT2D eigenvalue weighted by atomic mass is 10.0. The zero-order valence-electron chi connectivity index (χ0n) is 19.5. The second-order valence-electron chi connectivity index (χ2n) is 8.31. The normalized spacial score (nSPS) is 11.2. The second kappa shape index (κ2) is 8.57. The Morgan fingerprint density at radius 1 is 1.06 bits per heavy atom. The Bertz CT molecular complexity index is 1280. The molecule has 0 aliphatic rings. The molecule has 166 valence electrons. The first-order chi connectivity index (χ1) is 15.3. The molecule has 3 heterocycles. The molecule has 32 heavy (non-hydrogen) atoms. The van der Waals surface area contributed by atoms with Crippen LogP contribution in [0.2, 0.25) is 0 Å². The van der Waals surface area contributed by atoms with Crippen molar-refractivity contribution in [3.05, 3.63) is 70.9 Å². The molecule has 7 heteroatoms.